The van der Waals surface area contributed by atoms with Crippen molar-refractivity contribution in [3.05, 3.63) is 35.9 Å². The van der Waals surface area contributed by atoms with E-state index >= 15 is 0 Å². The van der Waals surface area contributed by atoms with Gasteiger partial charge in [0.25, 0.3) is 0 Å². The first-order valence-corrected chi connectivity index (χ1v) is 5.88. The summed E-state index contributed by atoms with van der Waals surface area (Å²) in [7, 11) is 1.76. The lowest BCUT2D eigenvalue weighted by Crippen LogP contribution is -2.30. The normalized spacial score (nSPS) is 13.8. The molecule has 90 valence electrons. The Morgan fingerprint density at radius 2 is 1.88 bits per heavy atom. The van der Waals surface area contributed by atoms with E-state index in [-0.39, 0.29) is 5.60 Å². The van der Waals surface area contributed by atoms with Crippen LogP contribution in [-0.4, -0.2) is 19.3 Å². The van der Waals surface area contributed by atoms with Crippen LogP contribution in [0, 0.1) is 0 Å². The second kappa shape index (κ2) is 6.02. The third-order valence-corrected chi connectivity index (χ3v) is 3.03. The summed E-state index contributed by atoms with van der Waals surface area (Å²) in [6.45, 7) is 7.38. The van der Waals surface area contributed by atoms with E-state index in [1.165, 1.54) is 5.56 Å². The molecule has 0 fully saturated rings. The largest absolute Gasteiger partial charge is 0.379 e. The Morgan fingerprint density at radius 3 is 2.44 bits per heavy atom. The lowest BCUT2D eigenvalue weighted by atomic mass is 10.0. The van der Waals surface area contributed by atoms with Crippen molar-refractivity contribution in [1.82, 2.24) is 5.32 Å². The first-order valence-electron chi connectivity index (χ1n) is 5.88. The van der Waals surface area contributed by atoms with Crippen LogP contribution in [0.3, 0.4) is 0 Å². The molecular weight excluding hydrogens is 198 g/mol. The van der Waals surface area contributed by atoms with Gasteiger partial charge < -0.3 is 10.1 Å². The first-order chi connectivity index (χ1) is 7.55. The zero-order chi connectivity index (χ0) is 12.0. The predicted octanol–water partition coefficient (Wildman–Crippen LogP) is 3.15. The molecule has 0 aromatic heterocycles. The van der Waals surface area contributed by atoms with E-state index in [0.717, 1.165) is 13.0 Å². The molecule has 16 heavy (non-hydrogen) atoms. The standard InChI is InChI=1S/C14H23NO/c1-12(13-8-6-5-7-9-13)15-11-10-14(2,3)16-4/h5-9,12,15H,10-11H2,1-4H3. The highest BCUT2D eigenvalue weighted by Gasteiger charge is 2.15. The summed E-state index contributed by atoms with van der Waals surface area (Å²) in [6.07, 6.45) is 1.01. The Bertz CT molecular complexity index is 295. The van der Waals surface area contributed by atoms with E-state index in [2.05, 4.69) is 50.4 Å². The molecule has 1 N–H and O–H groups in total. The number of hydrogen-bond donors (Lipinski definition) is 1. The van der Waals surface area contributed by atoms with E-state index in [9.17, 15) is 0 Å². The van der Waals surface area contributed by atoms with Gasteiger partial charge >= 0.3 is 0 Å². The van der Waals surface area contributed by atoms with E-state index < -0.39 is 0 Å². The Hall–Kier alpha value is -0.860. The Morgan fingerprint density at radius 1 is 1.25 bits per heavy atom. The molecule has 1 rings (SSSR count). The third kappa shape index (κ3) is 4.33. The van der Waals surface area contributed by atoms with Crippen molar-refractivity contribution in [1.29, 1.82) is 0 Å². The van der Waals surface area contributed by atoms with E-state index in [0.29, 0.717) is 6.04 Å². The van der Waals surface area contributed by atoms with E-state index in [1.807, 2.05) is 6.07 Å². The summed E-state index contributed by atoms with van der Waals surface area (Å²) in [5.74, 6) is 0. The molecular formula is C14H23NO. The van der Waals surface area contributed by atoms with Crippen LogP contribution in [0.1, 0.15) is 38.8 Å². The van der Waals surface area contributed by atoms with Gasteiger partial charge in [-0.15, -0.1) is 0 Å². The quantitative estimate of drug-likeness (QED) is 0.796. The Labute approximate surface area is 99.0 Å². The highest BCUT2D eigenvalue weighted by atomic mass is 16.5. The highest BCUT2D eigenvalue weighted by molar-refractivity contribution is 5.17. The number of benzene rings is 1. The van der Waals surface area contributed by atoms with Crippen LogP contribution >= 0.6 is 0 Å². The van der Waals surface area contributed by atoms with Crippen molar-refractivity contribution in [3.8, 4) is 0 Å². The molecule has 0 aliphatic heterocycles. The van der Waals surface area contributed by atoms with Crippen molar-refractivity contribution in [2.45, 2.75) is 38.8 Å². The minimum Gasteiger partial charge on any atom is -0.379 e. The molecule has 0 saturated heterocycles. The number of ether oxygens (including phenoxy) is 1. The second-order valence-electron chi connectivity index (χ2n) is 4.80. The van der Waals surface area contributed by atoms with Crippen LogP contribution in [0.15, 0.2) is 30.3 Å². The molecule has 1 aromatic carbocycles. The van der Waals surface area contributed by atoms with Crippen molar-refractivity contribution >= 4 is 0 Å². The molecule has 1 atom stereocenters. The number of methoxy groups -OCH3 is 1. The summed E-state index contributed by atoms with van der Waals surface area (Å²) >= 11 is 0. The minimum atomic E-state index is -0.0383. The fourth-order valence-electron chi connectivity index (χ4n) is 1.55. The highest BCUT2D eigenvalue weighted by Crippen LogP contribution is 2.14. The van der Waals surface area contributed by atoms with Crippen LogP contribution in [0.4, 0.5) is 0 Å². The van der Waals surface area contributed by atoms with Crippen molar-refractivity contribution in [2.24, 2.45) is 0 Å². The molecule has 0 radical (unpaired) electrons. The molecule has 0 saturated carbocycles. The van der Waals surface area contributed by atoms with E-state index in [4.69, 9.17) is 4.74 Å². The second-order valence-corrected chi connectivity index (χ2v) is 4.80. The molecule has 0 amide bonds. The maximum Gasteiger partial charge on any atom is 0.0634 e. The summed E-state index contributed by atoms with van der Waals surface area (Å²) in [5, 5.41) is 3.51. The maximum absolute atomic E-state index is 5.39. The molecule has 0 bridgehead atoms. The average Bonchev–Trinajstić information content (AvgIpc) is 2.30. The van der Waals surface area contributed by atoms with Gasteiger partial charge in [0.2, 0.25) is 0 Å². The maximum atomic E-state index is 5.39. The topological polar surface area (TPSA) is 21.3 Å². The first kappa shape index (κ1) is 13.2. The van der Waals surface area contributed by atoms with Gasteiger partial charge in [-0.1, -0.05) is 30.3 Å². The van der Waals surface area contributed by atoms with Gasteiger partial charge in [0, 0.05) is 13.2 Å². The third-order valence-electron chi connectivity index (χ3n) is 3.03. The van der Waals surface area contributed by atoms with Crippen molar-refractivity contribution < 1.29 is 4.74 Å². The lowest BCUT2D eigenvalue weighted by Gasteiger charge is -2.24. The number of nitrogens with one attached hydrogen (secondary N) is 1. The zero-order valence-electron chi connectivity index (χ0n) is 10.8. The van der Waals surface area contributed by atoms with Crippen LogP contribution in [0.5, 0.6) is 0 Å². The van der Waals surface area contributed by atoms with Crippen molar-refractivity contribution in [3.63, 3.8) is 0 Å². The van der Waals surface area contributed by atoms with Gasteiger partial charge in [0.15, 0.2) is 0 Å². The molecule has 0 spiro atoms. The van der Waals surface area contributed by atoms with Gasteiger partial charge in [-0.25, -0.2) is 0 Å². The van der Waals surface area contributed by atoms with Crippen LogP contribution < -0.4 is 5.32 Å². The summed E-state index contributed by atoms with van der Waals surface area (Å²) in [5.41, 5.74) is 1.29. The van der Waals surface area contributed by atoms with Crippen LogP contribution in [-0.2, 0) is 4.74 Å². The zero-order valence-corrected chi connectivity index (χ0v) is 10.8. The molecule has 2 nitrogen and oxygen atoms in total. The van der Waals surface area contributed by atoms with Gasteiger partial charge in [-0.3, -0.25) is 0 Å². The van der Waals surface area contributed by atoms with Gasteiger partial charge in [-0.2, -0.15) is 0 Å². The fraction of sp³-hybridized carbons (Fsp3) is 0.571. The van der Waals surface area contributed by atoms with Gasteiger partial charge in [0.05, 0.1) is 5.60 Å². The fourth-order valence-corrected chi connectivity index (χ4v) is 1.55. The minimum absolute atomic E-state index is 0.0383. The van der Waals surface area contributed by atoms with Crippen LogP contribution in [0.25, 0.3) is 0 Å². The summed E-state index contributed by atoms with van der Waals surface area (Å²) in [6, 6.07) is 10.9. The molecule has 1 aromatic rings. The average molecular weight is 221 g/mol. The molecule has 0 aliphatic carbocycles. The molecule has 2 heteroatoms. The van der Waals surface area contributed by atoms with Gasteiger partial charge in [0.1, 0.15) is 0 Å². The molecule has 1 unspecified atom stereocenters. The number of rotatable bonds is 6. The monoisotopic (exact) mass is 221 g/mol. The number of hydrogen-bond acceptors (Lipinski definition) is 2. The summed E-state index contributed by atoms with van der Waals surface area (Å²) < 4.78 is 5.39. The predicted molar refractivity (Wildman–Crippen MR) is 68.6 cm³/mol. The molecule has 0 aliphatic rings. The lowest BCUT2D eigenvalue weighted by molar-refractivity contribution is 0.0154. The Balaban J connectivity index is 2.34. The van der Waals surface area contributed by atoms with Crippen molar-refractivity contribution in [2.75, 3.05) is 13.7 Å². The SMILES string of the molecule is COC(C)(C)CCNC(C)c1ccccc1. The van der Waals surface area contributed by atoms with Crippen LogP contribution in [0.2, 0.25) is 0 Å². The smallest absolute Gasteiger partial charge is 0.0634 e. The molecule has 0 heterocycles. The Kier molecular flexibility index (Phi) is 4.97. The van der Waals surface area contributed by atoms with Gasteiger partial charge in [-0.05, 0) is 39.3 Å². The van der Waals surface area contributed by atoms with E-state index in [1.54, 1.807) is 7.11 Å². The summed E-state index contributed by atoms with van der Waals surface area (Å²) in [4.78, 5) is 0.